The van der Waals surface area contributed by atoms with Gasteiger partial charge >= 0.3 is 11.9 Å². The second kappa shape index (κ2) is 7.90. The fourth-order valence-corrected chi connectivity index (χ4v) is 0.167. The van der Waals surface area contributed by atoms with Gasteiger partial charge in [-0.1, -0.05) is 0 Å². The maximum atomic E-state index is 10.0. The van der Waals surface area contributed by atoms with Gasteiger partial charge in [-0.3, -0.25) is 0 Å². The van der Waals surface area contributed by atoms with E-state index in [2.05, 4.69) is 9.47 Å². The molecule has 0 aliphatic carbocycles. The molecule has 0 aromatic rings. The quantitative estimate of drug-likeness (QED) is 0.352. The predicted octanol–water partition coefficient (Wildman–Crippen LogP) is -1.06. The second-order valence-electron chi connectivity index (χ2n) is 0.983. The average Bonchev–Trinajstić information content (AvgIpc) is 2.05. The first-order valence-electron chi connectivity index (χ1n) is 2.33. The van der Waals surface area contributed by atoms with Gasteiger partial charge in [-0.25, -0.2) is 9.59 Å². The number of esters is 2. The lowest BCUT2D eigenvalue weighted by molar-refractivity contribution is -0.164. The summed E-state index contributed by atoms with van der Waals surface area (Å²) in [5, 5.41) is 7.00. The molecule has 0 heterocycles. The summed E-state index contributed by atoms with van der Waals surface area (Å²) in [6.07, 6.45) is 0. The summed E-state index contributed by atoms with van der Waals surface area (Å²) in [6.45, 7) is 0. The van der Waals surface area contributed by atoms with Gasteiger partial charge in [0.1, 0.15) is 0 Å². The molecule has 0 atom stereocenters. The largest absolute Gasteiger partial charge is 0.461 e. The van der Waals surface area contributed by atoms with Crippen LogP contribution in [-0.2, 0) is 19.1 Å². The van der Waals surface area contributed by atoms with Crippen LogP contribution in [0.25, 0.3) is 0 Å². The molecule has 0 amide bonds. The fourth-order valence-electron chi connectivity index (χ4n) is 0.167. The van der Waals surface area contributed by atoms with Gasteiger partial charge in [-0.15, -0.1) is 0 Å². The lowest BCUT2D eigenvalue weighted by atomic mass is 10.7. The number of ether oxygens (including phenoxy) is 2. The SMILES string of the molecule is CO.COC(=O)C(=O)OC. The van der Waals surface area contributed by atoms with Crippen LogP contribution in [0.4, 0.5) is 0 Å². The normalized spacial score (nSPS) is 6.80. The number of aliphatic hydroxyl groups is 1. The number of carbonyl (C=O) groups is 2. The van der Waals surface area contributed by atoms with Crippen molar-refractivity contribution in [2.75, 3.05) is 21.3 Å². The number of methoxy groups -OCH3 is 2. The molecule has 0 aromatic carbocycles. The van der Waals surface area contributed by atoms with E-state index >= 15 is 0 Å². The summed E-state index contributed by atoms with van der Waals surface area (Å²) in [6, 6.07) is 0. The molecule has 0 saturated heterocycles. The van der Waals surface area contributed by atoms with Crippen LogP contribution >= 0.6 is 0 Å². The molecule has 0 aliphatic rings. The molecule has 0 bridgehead atoms. The van der Waals surface area contributed by atoms with E-state index in [1.54, 1.807) is 0 Å². The van der Waals surface area contributed by atoms with Crippen LogP contribution < -0.4 is 0 Å². The van der Waals surface area contributed by atoms with Gasteiger partial charge in [-0.2, -0.15) is 0 Å². The van der Waals surface area contributed by atoms with Crippen molar-refractivity contribution < 1.29 is 24.2 Å². The molecular weight excluding hydrogens is 140 g/mol. The molecule has 0 saturated carbocycles. The summed E-state index contributed by atoms with van der Waals surface area (Å²) in [5.41, 5.74) is 0. The molecule has 0 rings (SSSR count). The molecule has 5 nitrogen and oxygen atoms in total. The van der Waals surface area contributed by atoms with E-state index < -0.39 is 11.9 Å². The van der Waals surface area contributed by atoms with E-state index in [0.29, 0.717) is 0 Å². The maximum absolute atomic E-state index is 10.0. The highest BCUT2D eigenvalue weighted by molar-refractivity contribution is 6.29. The monoisotopic (exact) mass is 150 g/mol. The van der Waals surface area contributed by atoms with Crippen molar-refractivity contribution in [3.05, 3.63) is 0 Å². The molecule has 0 spiro atoms. The van der Waals surface area contributed by atoms with Crippen LogP contribution in [0.15, 0.2) is 0 Å². The molecule has 1 N–H and O–H groups in total. The van der Waals surface area contributed by atoms with Gasteiger partial charge in [0.15, 0.2) is 0 Å². The van der Waals surface area contributed by atoms with Crippen LogP contribution in [0.1, 0.15) is 0 Å². The Morgan fingerprint density at radius 2 is 1.20 bits per heavy atom. The first kappa shape index (κ1) is 11.7. The Labute approximate surface area is 58.5 Å². The highest BCUT2D eigenvalue weighted by Crippen LogP contribution is 1.75. The second-order valence-corrected chi connectivity index (χ2v) is 0.983. The molecule has 0 fully saturated rings. The smallest absolute Gasteiger partial charge is 0.417 e. The molecule has 0 unspecified atom stereocenters. The number of carbonyl (C=O) groups excluding carboxylic acids is 2. The Hall–Kier alpha value is -1.10. The minimum absolute atomic E-state index is 0.979. The minimum atomic E-state index is -0.979. The lowest BCUT2D eigenvalue weighted by Gasteiger charge is -1.92. The zero-order valence-corrected chi connectivity index (χ0v) is 6.08. The molecule has 60 valence electrons. The van der Waals surface area contributed by atoms with E-state index in [1.807, 2.05) is 0 Å². The molecular formula is C5H10O5. The van der Waals surface area contributed by atoms with Gasteiger partial charge in [0.05, 0.1) is 14.2 Å². The van der Waals surface area contributed by atoms with Crippen molar-refractivity contribution >= 4 is 11.9 Å². The number of hydrogen-bond acceptors (Lipinski definition) is 5. The third kappa shape index (κ3) is 5.04. The Kier molecular flexibility index (Phi) is 9.22. The summed E-state index contributed by atoms with van der Waals surface area (Å²) in [4.78, 5) is 20.1. The van der Waals surface area contributed by atoms with Gasteiger partial charge in [0.2, 0.25) is 0 Å². The van der Waals surface area contributed by atoms with Crippen molar-refractivity contribution in [3.63, 3.8) is 0 Å². The van der Waals surface area contributed by atoms with E-state index in [4.69, 9.17) is 5.11 Å². The van der Waals surface area contributed by atoms with Gasteiger partial charge in [0.25, 0.3) is 0 Å². The van der Waals surface area contributed by atoms with E-state index in [1.165, 1.54) is 0 Å². The predicted molar refractivity (Wildman–Crippen MR) is 32.2 cm³/mol. The highest BCUT2D eigenvalue weighted by atomic mass is 16.6. The zero-order valence-electron chi connectivity index (χ0n) is 6.08. The van der Waals surface area contributed by atoms with E-state index in [-0.39, 0.29) is 0 Å². The van der Waals surface area contributed by atoms with E-state index in [9.17, 15) is 9.59 Å². The zero-order chi connectivity index (χ0) is 8.57. The van der Waals surface area contributed by atoms with Crippen molar-refractivity contribution in [2.45, 2.75) is 0 Å². The summed E-state index contributed by atoms with van der Waals surface area (Å²) < 4.78 is 7.98. The summed E-state index contributed by atoms with van der Waals surface area (Å²) in [7, 11) is 3.22. The van der Waals surface area contributed by atoms with Crippen molar-refractivity contribution in [3.8, 4) is 0 Å². The van der Waals surface area contributed by atoms with Crippen LogP contribution in [0.5, 0.6) is 0 Å². The number of aliphatic hydroxyl groups excluding tert-OH is 1. The first-order valence-corrected chi connectivity index (χ1v) is 2.33. The Balaban J connectivity index is 0. The van der Waals surface area contributed by atoms with Gasteiger partial charge in [-0.05, 0) is 0 Å². The van der Waals surface area contributed by atoms with Crippen LogP contribution in [0.2, 0.25) is 0 Å². The maximum Gasteiger partial charge on any atom is 0.417 e. The third-order valence-corrected chi connectivity index (χ3v) is 0.537. The Morgan fingerprint density at radius 1 is 1.00 bits per heavy atom. The van der Waals surface area contributed by atoms with Crippen LogP contribution in [-0.4, -0.2) is 38.4 Å². The first-order chi connectivity index (χ1) is 4.72. The third-order valence-electron chi connectivity index (χ3n) is 0.537. The van der Waals surface area contributed by atoms with Crippen molar-refractivity contribution in [1.29, 1.82) is 0 Å². The standard InChI is InChI=1S/C4H6O4.CH4O/c1-7-3(5)4(6)8-2;1-2/h1-2H3;2H,1H3. The highest BCUT2D eigenvalue weighted by Gasteiger charge is 2.11. The molecule has 0 radical (unpaired) electrons. The number of rotatable bonds is 0. The molecule has 10 heavy (non-hydrogen) atoms. The summed E-state index contributed by atoms with van der Waals surface area (Å²) in [5.74, 6) is -1.96. The Bertz CT molecular complexity index is 94.6. The fraction of sp³-hybridized carbons (Fsp3) is 0.600. The Morgan fingerprint density at radius 3 is 1.30 bits per heavy atom. The molecule has 0 aliphatic heterocycles. The van der Waals surface area contributed by atoms with Gasteiger partial charge in [0, 0.05) is 7.11 Å². The van der Waals surface area contributed by atoms with Crippen molar-refractivity contribution in [1.82, 2.24) is 0 Å². The van der Waals surface area contributed by atoms with Gasteiger partial charge < -0.3 is 14.6 Å². The van der Waals surface area contributed by atoms with Crippen LogP contribution in [0, 0.1) is 0 Å². The van der Waals surface area contributed by atoms with Crippen LogP contribution in [0.3, 0.4) is 0 Å². The molecule has 0 aromatic heterocycles. The number of hydrogen-bond donors (Lipinski definition) is 1. The summed E-state index contributed by atoms with van der Waals surface area (Å²) >= 11 is 0. The average molecular weight is 150 g/mol. The topological polar surface area (TPSA) is 72.8 Å². The van der Waals surface area contributed by atoms with Crippen molar-refractivity contribution in [2.24, 2.45) is 0 Å². The van der Waals surface area contributed by atoms with E-state index in [0.717, 1.165) is 21.3 Å². The molecule has 5 heteroatoms. The minimum Gasteiger partial charge on any atom is -0.461 e. The lowest BCUT2D eigenvalue weighted by Crippen LogP contribution is -2.16.